The number of halogens is 5. The molecular formula is C13H7ClF4N2O. The molecule has 1 N–H and O–H groups in total. The van der Waals surface area contributed by atoms with Crippen LogP contribution >= 0.6 is 11.6 Å². The monoisotopic (exact) mass is 318 g/mol. The predicted molar refractivity (Wildman–Crippen MR) is 68.6 cm³/mol. The van der Waals surface area contributed by atoms with Crippen molar-refractivity contribution in [1.29, 1.82) is 0 Å². The molecule has 0 bridgehead atoms. The lowest BCUT2D eigenvalue weighted by Crippen LogP contribution is -2.15. The summed E-state index contributed by atoms with van der Waals surface area (Å²) < 4.78 is 50.6. The van der Waals surface area contributed by atoms with Crippen LogP contribution in [0.2, 0.25) is 5.02 Å². The molecule has 110 valence electrons. The van der Waals surface area contributed by atoms with E-state index in [0.717, 1.165) is 18.2 Å². The summed E-state index contributed by atoms with van der Waals surface area (Å²) in [5, 5.41) is 2.07. The number of anilines is 1. The van der Waals surface area contributed by atoms with E-state index in [-0.39, 0.29) is 10.8 Å². The Bertz CT molecular complexity index is 651. The van der Waals surface area contributed by atoms with Gasteiger partial charge in [-0.3, -0.25) is 4.79 Å². The topological polar surface area (TPSA) is 42.0 Å². The zero-order valence-corrected chi connectivity index (χ0v) is 11.0. The third kappa shape index (κ3) is 3.49. The summed E-state index contributed by atoms with van der Waals surface area (Å²) in [5.41, 5.74) is -1.36. The first kappa shape index (κ1) is 15.2. The van der Waals surface area contributed by atoms with Crippen LogP contribution in [0.25, 0.3) is 0 Å². The van der Waals surface area contributed by atoms with Gasteiger partial charge in [0, 0.05) is 6.20 Å². The van der Waals surface area contributed by atoms with E-state index in [2.05, 4.69) is 10.3 Å². The SMILES string of the molecule is O=C(Nc1ccc(C(F)(F)F)cn1)c1c(F)cccc1Cl. The number of aromatic nitrogens is 1. The molecule has 3 nitrogen and oxygen atoms in total. The van der Waals surface area contributed by atoms with Gasteiger partial charge in [-0.05, 0) is 24.3 Å². The molecule has 1 heterocycles. The Kier molecular flexibility index (Phi) is 4.13. The fraction of sp³-hybridized carbons (Fsp3) is 0.0769. The van der Waals surface area contributed by atoms with E-state index in [1.807, 2.05) is 0 Å². The van der Waals surface area contributed by atoms with E-state index in [4.69, 9.17) is 11.6 Å². The molecule has 21 heavy (non-hydrogen) atoms. The molecule has 0 aliphatic carbocycles. The fourth-order valence-electron chi connectivity index (χ4n) is 1.53. The number of rotatable bonds is 2. The molecule has 0 spiro atoms. The van der Waals surface area contributed by atoms with Crippen molar-refractivity contribution in [1.82, 2.24) is 4.98 Å². The molecule has 1 amide bonds. The third-order valence-corrected chi connectivity index (χ3v) is 2.84. The van der Waals surface area contributed by atoms with Gasteiger partial charge in [-0.2, -0.15) is 13.2 Å². The Morgan fingerprint density at radius 3 is 2.43 bits per heavy atom. The maximum Gasteiger partial charge on any atom is 0.417 e. The number of alkyl halides is 3. The number of carbonyl (C=O) groups excluding carboxylic acids is 1. The Labute approximate surface area is 121 Å². The number of benzene rings is 1. The van der Waals surface area contributed by atoms with Crippen molar-refractivity contribution in [2.45, 2.75) is 6.18 Å². The van der Waals surface area contributed by atoms with Gasteiger partial charge in [0.15, 0.2) is 0 Å². The molecule has 0 atom stereocenters. The molecule has 0 saturated heterocycles. The molecule has 1 aromatic carbocycles. The smallest absolute Gasteiger partial charge is 0.306 e. The van der Waals surface area contributed by atoms with Gasteiger partial charge in [0.2, 0.25) is 0 Å². The number of hydrogen-bond donors (Lipinski definition) is 1. The van der Waals surface area contributed by atoms with Crippen LogP contribution in [0.1, 0.15) is 15.9 Å². The molecule has 0 aliphatic heterocycles. The van der Waals surface area contributed by atoms with Crippen molar-refractivity contribution in [3.8, 4) is 0 Å². The Balaban J connectivity index is 2.21. The van der Waals surface area contributed by atoms with Crippen LogP contribution in [0.4, 0.5) is 23.4 Å². The van der Waals surface area contributed by atoms with Gasteiger partial charge in [0.05, 0.1) is 16.1 Å². The largest absolute Gasteiger partial charge is 0.417 e. The standard InChI is InChI=1S/C13H7ClF4N2O/c14-8-2-1-3-9(15)11(8)12(21)20-10-5-4-7(6-19-10)13(16,17)18/h1-6H,(H,19,20,21). The van der Waals surface area contributed by atoms with Crippen molar-refractivity contribution in [2.75, 3.05) is 5.32 Å². The van der Waals surface area contributed by atoms with E-state index in [0.29, 0.717) is 6.20 Å². The second-order valence-corrected chi connectivity index (χ2v) is 4.39. The van der Waals surface area contributed by atoms with Crippen molar-refractivity contribution in [3.05, 3.63) is 58.5 Å². The van der Waals surface area contributed by atoms with Crippen LogP contribution in [-0.2, 0) is 6.18 Å². The molecule has 1 aromatic heterocycles. The molecule has 0 unspecified atom stereocenters. The number of amides is 1. The minimum atomic E-state index is -4.52. The average molecular weight is 319 g/mol. The lowest BCUT2D eigenvalue weighted by Gasteiger charge is -2.09. The van der Waals surface area contributed by atoms with Crippen LogP contribution in [0.5, 0.6) is 0 Å². The van der Waals surface area contributed by atoms with Gasteiger partial charge in [-0.1, -0.05) is 17.7 Å². The maximum atomic E-state index is 13.5. The quantitative estimate of drug-likeness (QED) is 0.845. The molecule has 8 heteroatoms. The Morgan fingerprint density at radius 2 is 1.90 bits per heavy atom. The highest BCUT2D eigenvalue weighted by Crippen LogP contribution is 2.29. The predicted octanol–water partition coefficient (Wildman–Crippen LogP) is 4.15. The molecule has 0 radical (unpaired) electrons. The van der Waals surface area contributed by atoms with Gasteiger partial charge in [0.1, 0.15) is 11.6 Å². The first-order chi connectivity index (χ1) is 9.79. The second kappa shape index (κ2) is 5.69. The number of nitrogens with zero attached hydrogens (tertiary/aromatic N) is 1. The minimum absolute atomic E-state index is 0.112. The van der Waals surface area contributed by atoms with Crippen LogP contribution in [0.3, 0.4) is 0 Å². The molecule has 0 saturated carbocycles. The average Bonchev–Trinajstić information content (AvgIpc) is 2.38. The number of carbonyl (C=O) groups is 1. The highest BCUT2D eigenvalue weighted by Gasteiger charge is 2.30. The maximum absolute atomic E-state index is 13.5. The molecule has 0 aliphatic rings. The number of nitrogens with one attached hydrogen (secondary N) is 1. The van der Waals surface area contributed by atoms with Crippen molar-refractivity contribution in [3.63, 3.8) is 0 Å². The van der Waals surface area contributed by atoms with Gasteiger partial charge in [-0.25, -0.2) is 9.37 Å². The van der Waals surface area contributed by atoms with Crippen LogP contribution in [0.15, 0.2) is 36.5 Å². The van der Waals surface area contributed by atoms with Crippen LogP contribution in [-0.4, -0.2) is 10.9 Å². The molecule has 2 rings (SSSR count). The minimum Gasteiger partial charge on any atom is -0.306 e. The number of hydrogen-bond acceptors (Lipinski definition) is 2. The second-order valence-electron chi connectivity index (χ2n) is 3.98. The van der Waals surface area contributed by atoms with Gasteiger partial charge >= 0.3 is 6.18 Å². The zero-order valence-electron chi connectivity index (χ0n) is 10.2. The summed E-state index contributed by atoms with van der Waals surface area (Å²) >= 11 is 5.71. The van der Waals surface area contributed by atoms with E-state index >= 15 is 0 Å². The summed E-state index contributed by atoms with van der Waals surface area (Å²) in [7, 11) is 0. The summed E-state index contributed by atoms with van der Waals surface area (Å²) in [6.45, 7) is 0. The molecular weight excluding hydrogens is 312 g/mol. The van der Waals surface area contributed by atoms with Crippen molar-refractivity contribution < 1.29 is 22.4 Å². The Hall–Kier alpha value is -2.15. The van der Waals surface area contributed by atoms with E-state index in [1.54, 1.807) is 0 Å². The highest BCUT2D eigenvalue weighted by atomic mass is 35.5. The number of pyridine rings is 1. The summed E-state index contributed by atoms with van der Waals surface area (Å²) in [6, 6.07) is 5.41. The molecule has 0 fully saturated rings. The van der Waals surface area contributed by atoms with E-state index < -0.39 is 29.0 Å². The van der Waals surface area contributed by atoms with E-state index in [1.165, 1.54) is 12.1 Å². The highest BCUT2D eigenvalue weighted by molar-refractivity contribution is 6.34. The fourth-order valence-corrected chi connectivity index (χ4v) is 1.78. The van der Waals surface area contributed by atoms with Gasteiger partial charge in [0.25, 0.3) is 5.91 Å². The molecule has 2 aromatic rings. The summed E-state index contributed by atoms with van der Waals surface area (Å²) in [5.74, 6) is -1.88. The zero-order chi connectivity index (χ0) is 15.6. The van der Waals surface area contributed by atoms with Crippen LogP contribution < -0.4 is 5.32 Å². The lowest BCUT2D eigenvalue weighted by molar-refractivity contribution is -0.137. The summed E-state index contributed by atoms with van der Waals surface area (Å²) in [4.78, 5) is 15.3. The normalized spacial score (nSPS) is 11.3. The first-order valence-corrected chi connectivity index (χ1v) is 5.95. The van der Waals surface area contributed by atoms with Crippen molar-refractivity contribution >= 4 is 23.3 Å². The third-order valence-electron chi connectivity index (χ3n) is 2.52. The van der Waals surface area contributed by atoms with E-state index in [9.17, 15) is 22.4 Å². The lowest BCUT2D eigenvalue weighted by atomic mass is 10.2. The Morgan fingerprint density at radius 1 is 1.19 bits per heavy atom. The van der Waals surface area contributed by atoms with Gasteiger partial charge < -0.3 is 5.32 Å². The summed E-state index contributed by atoms with van der Waals surface area (Å²) in [6.07, 6.45) is -3.96. The van der Waals surface area contributed by atoms with Crippen LogP contribution in [0, 0.1) is 5.82 Å². The van der Waals surface area contributed by atoms with Gasteiger partial charge in [-0.15, -0.1) is 0 Å². The van der Waals surface area contributed by atoms with Crippen molar-refractivity contribution in [2.24, 2.45) is 0 Å². The first-order valence-electron chi connectivity index (χ1n) is 5.57.